The van der Waals surface area contributed by atoms with Gasteiger partial charge in [0, 0.05) is 66.1 Å². The largest absolute Gasteiger partial charge is 0.444 e. The van der Waals surface area contributed by atoms with Gasteiger partial charge in [-0.15, -0.1) is 0 Å². The molecule has 152 valence electrons. The van der Waals surface area contributed by atoms with Crippen molar-refractivity contribution in [3.05, 3.63) is 0 Å². The van der Waals surface area contributed by atoms with Crippen molar-refractivity contribution in [1.82, 2.24) is 20.4 Å². The van der Waals surface area contributed by atoms with Crippen molar-refractivity contribution in [2.45, 2.75) is 39.7 Å². The Kier molecular flexibility index (Phi) is 10.3. The lowest BCUT2D eigenvalue weighted by molar-refractivity contribution is 0.0147. The molecule has 1 fully saturated rings. The van der Waals surface area contributed by atoms with Gasteiger partial charge >= 0.3 is 6.09 Å². The summed E-state index contributed by atoms with van der Waals surface area (Å²) in [6.45, 7) is 14.9. The fourth-order valence-corrected chi connectivity index (χ4v) is 2.56. The van der Waals surface area contributed by atoms with Gasteiger partial charge in [-0.05, 0) is 34.1 Å². The zero-order chi connectivity index (χ0) is 19.4. The second kappa shape index (κ2) is 12.0. The monoisotopic (exact) mass is 371 g/mol. The Morgan fingerprint density at radius 2 is 1.77 bits per heavy atom. The van der Waals surface area contributed by atoms with E-state index in [-0.39, 0.29) is 6.09 Å². The number of nitrogens with one attached hydrogen (secondary N) is 2. The van der Waals surface area contributed by atoms with Crippen molar-refractivity contribution in [2.75, 3.05) is 66.1 Å². The van der Waals surface area contributed by atoms with E-state index in [1.54, 1.807) is 11.9 Å². The maximum atomic E-state index is 12.1. The number of guanidine groups is 1. The maximum Gasteiger partial charge on any atom is 0.410 e. The number of rotatable bonds is 8. The summed E-state index contributed by atoms with van der Waals surface area (Å²) in [4.78, 5) is 20.4. The third-order valence-electron chi connectivity index (χ3n) is 3.93. The summed E-state index contributed by atoms with van der Waals surface area (Å²) < 4.78 is 10.7. The molecule has 0 atom stereocenters. The van der Waals surface area contributed by atoms with Gasteiger partial charge in [0.25, 0.3) is 0 Å². The predicted octanol–water partition coefficient (Wildman–Crippen LogP) is 1.13. The molecule has 2 N–H and O–H groups in total. The van der Waals surface area contributed by atoms with Gasteiger partial charge in [0.05, 0.1) is 0 Å². The number of carbonyl (C=O) groups is 1. The van der Waals surface area contributed by atoms with Gasteiger partial charge < -0.3 is 25.0 Å². The highest BCUT2D eigenvalue weighted by Crippen LogP contribution is 2.11. The molecular formula is C18H37N5O3. The number of carbonyl (C=O) groups excluding carboxylic acids is 1. The van der Waals surface area contributed by atoms with Crippen molar-refractivity contribution in [3.63, 3.8) is 0 Å². The Morgan fingerprint density at radius 3 is 2.35 bits per heavy atom. The van der Waals surface area contributed by atoms with Crippen LogP contribution < -0.4 is 10.6 Å². The minimum Gasteiger partial charge on any atom is -0.444 e. The van der Waals surface area contributed by atoms with Crippen LogP contribution in [0.25, 0.3) is 0 Å². The molecule has 1 aliphatic heterocycles. The van der Waals surface area contributed by atoms with Crippen molar-refractivity contribution in [3.8, 4) is 0 Å². The molecule has 1 amide bonds. The van der Waals surface area contributed by atoms with Crippen molar-refractivity contribution >= 4 is 12.1 Å². The van der Waals surface area contributed by atoms with E-state index in [9.17, 15) is 4.79 Å². The summed E-state index contributed by atoms with van der Waals surface area (Å²) in [5.41, 5.74) is -0.441. The first-order chi connectivity index (χ1) is 12.4. The summed E-state index contributed by atoms with van der Waals surface area (Å²) >= 11 is 0. The maximum absolute atomic E-state index is 12.1. The van der Waals surface area contributed by atoms with Crippen molar-refractivity contribution < 1.29 is 14.3 Å². The molecule has 0 aromatic rings. The van der Waals surface area contributed by atoms with E-state index in [1.807, 2.05) is 27.7 Å². The number of nitrogens with zero attached hydrogens (tertiary/aromatic N) is 3. The Labute approximate surface area is 158 Å². The summed E-state index contributed by atoms with van der Waals surface area (Å²) in [6, 6.07) is 0. The smallest absolute Gasteiger partial charge is 0.410 e. The molecule has 1 heterocycles. The van der Waals surface area contributed by atoms with Gasteiger partial charge in [-0.3, -0.25) is 9.89 Å². The second-order valence-electron chi connectivity index (χ2n) is 7.29. The van der Waals surface area contributed by atoms with Gasteiger partial charge in [-0.1, -0.05) is 0 Å². The minimum atomic E-state index is -0.441. The molecule has 0 aromatic heterocycles. The van der Waals surface area contributed by atoms with E-state index in [0.29, 0.717) is 13.1 Å². The molecule has 0 aromatic carbocycles. The first kappa shape index (κ1) is 22.5. The van der Waals surface area contributed by atoms with Crippen LogP contribution in [-0.2, 0) is 9.47 Å². The van der Waals surface area contributed by atoms with Crippen LogP contribution in [-0.4, -0.2) is 93.5 Å². The Balaban J connectivity index is 2.16. The molecule has 1 rings (SSSR count). The Morgan fingerprint density at radius 1 is 1.12 bits per heavy atom. The average Bonchev–Trinajstić information content (AvgIpc) is 2.59. The van der Waals surface area contributed by atoms with Crippen LogP contribution >= 0.6 is 0 Å². The number of hydrogen-bond donors (Lipinski definition) is 2. The number of hydrogen-bond acceptors (Lipinski definition) is 5. The number of ether oxygens (including phenoxy) is 2. The molecule has 0 spiro atoms. The van der Waals surface area contributed by atoms with E-state index in [4.69, 9.17) is 9.47 Å². The van der Waals surface area contributed by atoms with E-state index >= 15 is 0 Å². The highest BCUT2D eigenvalue weighted by atomic mass is 16.6. The van der Waals surface area contributed by atoms with Gasteiger partial charge in [-0.25, -0.2) is 4.79 Å². The van der Waals surface area contributed by atoms with E-state index in [0.717, 1.165) is 58.3 Å². The zero-order valence-corrected chi connectivity index (χ0v) is 17.1. The van der Waals surface area contributed by atoms with Crippen LogP contribution in [0.3, 0.4) is 0 Å². The van der Waals surface area contributed by atoms with Gasteiger partial charge in [0.2, 0.25) is 0 Å². The molecule has 0 radical (unpaired) electrons. The van der Waals surface area contributed by atoms with Crippen LogP contribution in [0.2, 0.25) is 0 Å². The van der Waals surface area contributed by atoms with Crippen molar-refractivity contribution in [1.29, 1.82) is 0 Å². The number of aliphatic imine (C=N–C) groups is 1. The fourth-order valence-electron chi connectivity index (χ4n) is 2.56. The van der Waals surface area contributed by atoms with Crippen LogP contribution in [0.1, 0.15) is 34.1 Å². The molecule has 1 aliphatic rings. The van der Waals surface area contributed by atoms with E-state index in [2.05, 4.69) is 20.5 Å². The highest BCUT2D eigenvalue weighted by Gasteiger charge is 2.25. The molecule has 8 nitrogen and oxygen atoms in total. The predicted molar refractivity (Wildman–Crippen MR) is 105 cm³/mol. The van der Waals surface area contributed by atoms with E-state index < -0.39 is 5.60 Å². The summed E-state index contributed by atoms with van der Waals surface area (Å²) in [5, 5.41) is 6.60. The van der Waals surface area contributed by atoms with Gasteiger partial charge in [0.15, 0.2) is 5.96 Å². The minimum absolute atomic E-state index is 0.216. The quantitative estimate of drug-likeness (QED) is 0.378. The lowest BCUT2D eigenvalue weighted by atomic mass is 10.2. The number of piperazine rings is 1. The third-order valence-corrected chi connectivity index (χ3v) is 3.93. The van der Waals surface area contributed by atoms with Crippen LogP contribution in [0, 0.1) is 0 Å². The molecule has 0 saturated carbocycles. The second-order valence-corrected chi connectivity index (χ2v) is 7.29. The summed E-state index contributed by atoms with van der Waals surface area (Å²) in [6.07, 6.45) is 0.744. The molecule has 0 bridgehead atoms. The first-order valence-corrected chi connectivity index (χ1v) is 9.58. The third kappa shape index (κ3) is 9.82. The Bertz CT molecular complexity index is 429. The van der Waals surface area contributed by atoms with Crippen LogP contribution in [0.5, 0.6) is 0 Å². The standard InChI is InChI=1S/C18H37N5O3/c1-6-25-15-7-8-20-16(19-5)21-9-10-22-11-13-23(14-12-22)17(24)26-18(2,3)4/h6-15H2,1-5H3,(H2,19,20,21). The van der Waals surface area contributed by atoms with Gasteiger partial charge in [0.1, 0.15) is 5.60 Å². The lowest BCUT2D eigenvalue weighted by Crippen LogP contribution is -2.51. The normalized spacial score (nSPS) is 16.5. The highest BCUT2D eigenvalue weighted by molar-refractivity contribution is 5.79. The number of amides is 1. The molecule has 0 unspecified atom stereocenters. The fraction of sp³-hybridized carbons (Fsp3) is 0.889. The van der Waals surface area contributed by atoms with Crippen molar-refractivity contribution in [2.24, 2.45) is 4.99 Å². The topological polar surface area (TPSA) is 78.4 Å². The SMILES string of the molecule is CCOCCCNC(=NC)NCCN1CCN(C(=O)OC(C)(C)C)CC1. The average molecular weight is 372 g/mol. The summed E-state index contributed by atoms with van der Waals surface area (Å²) in [7, 11) is 1.78. The molecule has 1 saturated heterocycles. The van der Waals surface area contributed by atoms with Crippen LogP contribution in [0.4, 0.5) is 4.79 Å². The molecule has 0 aliphatic carbocycles. The molecular weight excluding hydrogens is 334 g/mol. The summed E-state index contributed by atoms with van der Waals surface area (Å²) in [5.74, 6) is 0.814. The van der Waals surface area contributed by atoms with Crippen LogP contribution in [0.15, 0.2) is 4.99 Å². The van der Waals surface area contributed by atoms with Gasteiger partial charge in [-0.2, -0.15) is 0 Å². The van der Waals surface area contributed by atoms with E-state index in [1.165, 1.54) is 0 Å². The molecule has 8 heteroatoms. The molecule has 26 heavy (non-hydrogen) atoms. The Hall–Kier alpha value is -1.54. The lowest BCUT2D eigenvalue weighted by Gasteiger charge is -2.35. The first-order valence-electron chi connectivity index (χ1n) is 9.58. The zero-order valence-electron chi connectivity index (χ0n) is 17.1.